The first-order chi connectivity index (χ1) is 12.7. The average molecular weight is 366 g/mol. The minimum atomic E-state index is 0.295. The molecule has 0 saturated carbocycles. The largest absolute Gasteiger partial charge is 0.493 e. The minimum absolute atomic E-state index is 0.295. The molecule has 0 bridgehead atoms. The van der Waals surface area contributed by atoms with Gasteiger partial charge in [-0.05, 0) is 43.2 Å². The summed E-state index contributed by atoms with van der Waals surface area (Å²) >= 11 is 1.80. The zero-order valence-corrected chi connectivity index (χ0v) is 15.8. The van der Waals surface area contributed by atoms with Crippen molar-refractivity contribution in [1.82, 2.24) is 20.1 Å². The highest BCUT2D eigenvalue weighted by molar-refractivity contribution is 7.19. The molecule has 1 N–H and O–H groups in total. The van der Waals surface area contributed by atoms with Crippen LogP contribution in [0.25, 0.3) is 21.1 Å². The van der Waals surface area contributed by atoms with Crippen LogP contribution >= 0.6 is 11.3 Å². The second-order valence-corrected chi connectivity index (χ2v) is 8.35. The van der Waals surface area contributed by atoms with Gasteiger partial charge >= 0.3 is 0 Å². The Balaban J connectivity index is 1.58. The van der Waals surface area contributed by atoms with Crippen LogP contribution in [0.15, 0.2) is 30.6 Å². The summed E-state index contributed by atoms with van der Waals surface area (Å²) in [7, 11) is 0. The molecule has 5 rings (SSSR count). The van der Waals surface area contributed by atoms with Crippen molar-refractivity contribution in [3.8, 4) is 26.9 Å². The number of nitrogens with one attached hydrogen (secondary N) is 1. The summed E-state index contributed by atoms with van der Waals surface area (Å²) in [6.45, 7) is 7.13. The fourth-order valence-electron chi connectivity index (χ4n) is 3.65. The highest BCUT2D eigenvalue weighted by atomic mass is 32.1. The second-order valence-electron chi connectivity index (χ2n) is 7.30. The van der Waals surface area contributed by atoms with Crippen molar-refractivity contribution < 1.29 is 4.74 Å². The van der Waals surface area contributed by atoms with E-state index in [-0.39, 0.29) is 0 Å². The predicted molar refractivity (Wildman–Crippen MR) is 104 cm³/mol. The summed E-state index contributed by atoms with van der Waals surface area (Å²) in [5, 5.41) is 7.74. The molecule has 2 aliphatic rings. The molecule has 2 aliphatic heterocycles. The molecule has 0 aliphatic carbocycles. The summed E-state index contributed by atoms with van der Waals surface area (Å²) < 4.78 is 8.09. The molecule has 134 valence electrons. The lowest BCUT2D eigenvalue weighted by Crippen LogP contribution is -2.39. The number of hydrogen-bond acceptors (Lipinski definition) is 5. The third kappa shape index (κ3) is 2.56. The molecule has 6 heteroatoms. The SMILES string of the molecule is CC(C)n1ncnc1-c1cc2c(s1)-c1ccc(C3CNC3)cc1OCC2. The van der Waals surface area contributed by atoms with Gasteiger partial charge in [0.15, 0.2) is 5.82 Å². The summed E-state index contributed by atoms with van der Waals surface area (Å²) in [6.07, 6.45) is 2.58. The van der Waals surface area contributed by atoms with Crippen LogP contribution in [0, 0.1) is 0 Å². The lowest BCUT2D eigenvalue weighted by atomic mass is 9.92. The van der Waals surface area contributed by atoms with Crippen LogP contribution in [0.1, 0.15) is 36.9 Å². The lowest BCUT2D eigenvalue weighted by Gasteiger charge is -2.28. The standard InChI is InChI=1S/C20H22N4OS/c1-12(2)24-20(22-11-23-24)18-8-14-5-6-25-17-7-13(15-9-21-10-15)3-4-16(17)19(14)26-18/h3-4,7-8,11-12,15,21H,5-6,9-10H2,1-2H3. The maximum atomic E-state index is 6.09. The van der Waals surface area contributed by atoms with Crippen molar-refractivity contribution in [1.29, 1.82) is 0 Å². The molecule has 1 fully saturated rings. The highest BCUT2D eigenvalue weighted by Gasteiger charge is 2.24. The van der Waals surface area contributed by atoms with Crippen molar-refractivity contribution in [2.45, 2.75) is 32.2 Å². The van der Waals surface area contributed by atoms with E-state index in [2.05, 4.69) is 53.5 Å². The molecule has 1 aromatic carbocycles. The van der Waals surface area contributed by atoms with Gasteiger partial charge in [-0.3, -0.25) is 0 Å². The van der Waals surface area contributed by atoms with E-state index in [4.69, 9.17) is 4.74 Å². The first-order valence-electron chi connectivity index (χ1n) is 9.21. The van der Waals surface area contributed by atoms with Crippen molar-refractivity contribution in [3.63, 3.8) is 0 Å². The van der Waals surface area contributed by atoms with Gasteiger partial charge in [-0.1, -0.05) is 6.07 Å². The quantitative estimate of drug-likeness (QED) is 0.764. The summed E-state index contributed by atoms with van der Waals surface area (Å²) in [6, 6.07) is 9.31. The Labute approximate surface area is 157 Å². The fourth-order valence-corrected chi connectivity index (χ4v) is 4.88. The first-order valence-corrected chi connectivity index (χ1v) is 10.0. The van der Waals surface area contributed by atoms with Crippen LogP contribution in [0.4, 0.5) is 0 Å². The third-order valence-electron chi connectivity index (χ3n) is 5.22. The zero-order chi connectivity index (χ0) is 17.7. The first kappa shape index (κ1) is 16.0. The summed E-state index contributed by atoms with van der Waals surface area (Å²) in [5.74, 6) is 2.60. The molecule has 0 atom stereocenters. The number of fused-ring (bicyclic) bond motifs is 3. The molecule has 26 heavy (non-hydrogen) atoms. The van der Waals surface area contributed by atoms with Crippen molar-refractivity contribution in [2.75, 3.05) is 19.7 Å². The van der Waals surface area contributed by atoms with Gasteiger partial charge in [0, 0.05) is 41.9 Å². The van der Waals surface area contributed by atoms with E-state index in [1.165, 1.54) is 26.4 Å². The third-order valence-corrected chi connectivity index (χ3v) is 6.43. The van der Waals surface area contributed by atoms with Crippen LogP contribution < -0.4 is 10.1 Å². The van der Waals surface area contributed by atoms with Crippen LogP contribution in [0.2, 0.25) is 0 Å². The number of rotatable bonds is 3. The van der Waals surface area contributed by atoms with E-state index < -0.39 is 0 Å². The molecular formula is C20H22N4OS. The molecular weight excluding hydrogens is 344 g/mol. The van der Waals surface area contributed by atoms with Gasteiger partial charge in [0.1, 0.15) is 12.1 Å². The van der Waals surface area contributed by atoms with Gasteiger partial charge in [0.25, 0.3) is 0 Å². The van der Waals surface area contributed by atoms with Crippen LogP contribution in [-0.2, 0) is 6.42 Å². The smallest absolute Gasteiger partial charge is 0.168 e. The second kappa shape index (κ2) is 6.21. The minimum Gasteiger partial charge on any atom is -0.493 e. The molecule has 5 nitrogen and oxygen atoms in total. The highest BCUT2D eigenvalue weighted by Crippen LogP contribution is 2.44. The molecule has 3 aromatic rings. The Hall–Kier alpha value is -2.18. The number of aromatic nitrogens is 3. The van der Waals surface area contributed by atoms with E-state index in [9.17, 15) is 0 Å². The normalized spacial score (nSPS) is 16.6. The van der Waals surface area contributed by atoms with Gasteiger partial charge < -0.3 is 10.1 Å². The van der Waals surface area contributed by atoms with E-state index in [0.717, 1.165) is 37.7 Å². The van der Waals surface area contributed by atoms with Crippen molar-refractivity contribution in [3.05, 3.63) is 41.7 Å². The lowest BCUT2D eigenvalue weighted by molar-refractivity contribution is 0.325. The summed E-state index contributed by atoms with van der Waals surface area (Å²) in [4.78, 5) is 7.00. The number of thiophene rings is 1. The van der Waals surface area contributed by atoms with E-state index in [0.29, 0.717) is 12.0 Å². The Morgan fingerprint density at radius 2 is 2.15 bits per heavy atom. The number of ether oxygens (including phenoxy) is 1. The number of benzene rings is 1. The zero-order valence-electron chi connectivity index (χ0n) is 15.0. The number of nitrogens with zero attached hydrogens (tertiary/aromatic N) is 3. The molecule has 4 heterocycles. The summed E-state index contributed by atoms with van der Waals surface area (Å²) in [5.41, 5.74) is 3.93. The van der Waals surface area contributed by atoms with Crippen molar-refractivity contribution >= 4 is 11.3 Å². The van der Waals surface area contributed by atoms with Crippen LogP contribution in [-0.4, -0.2) is 34.5 Å². The molecule has 0 unspecified atom stereocenters. The Bertz CT molecular complexity index is 955. The predicted octanol–water partition coefficient (Wildman–Crippen LogP) is 3.88. The Morgan fingerprint density at radius 1 is 1.27 bits per heavy atom. The average Bonchev–Trinajstić information content (AvgIpc) is 3.17. The Kier molecular flexibility index (Phi) is 3.83. The maximum absolute atomic E-state index is 6.09. The van der Waals surface area contributed by atoms with Gasteiger partial charge in [-0.25, -0.2) is 9.67 Å². The number of hydrogen-bond donors (Lipinski definition) is 1. The van der Waals surface area contributed by atoms with E-state index in [1.807, 2.05) is 4.68 Å². The molecule has 0 spiro atoms. The Morgan fingerprint density at radius 3 is 2.92 bits per heavy atom. The molecule has 2 aromatic heterocycles. The van der Waals surface area contributed by atoms with Gasteiger partial charge in [0.2, 0.25) is 0 Å². The molecule has 1 saturated heterocycles. The van der Waals surface area contributed by atoms with Crippen LogP contribution in [0.5, 0.6) is 5.75 Å². The topological polar surface area (TPSA) is 52.0 Å². The van der Waals surface area contributed by atoms with E-state index >= 15 is 0 Å². The molecule has 0 amide bonds. The maximum Gasteiger partial charge on any atom is 0.168 e. The monoisotopic (exact) mass is 366 g/mol. The van der Waals surface area contributed by atoms with Gasteiger partial charge in [0.05, 0.1) is 11.5 Å². The van der Waals surface area contributed by atoms with Gasteiger partial charge in [-0.15, -0.1) is 11.3 Å². The van der Waals surface area contributed by atoms with E-state index in [1.54, 1.807) is 17.7 Å². The fraction of sp³-hybridized carbons (Fsp3) is 0.400. The van der Waals surface area contributed by atoms with Crippen LogP contribution in [0.3, 0.4) is 0 Å². The molecule has 0 radical (unpaired) electrons. The van der Waals surface area contributed by atoms with Crippen molar-refractivity contribution in [2.24, 2.45) is 0 Å². The van der Waals surface area contributed by atoms with Gasteiger partial charge in [-0.2, -0.15) is 5.10 Å².